The van der Waals surface area contributed by atoms with Crippen molar-refractivity contribution in [3.8, 4) is 0 Å². The van der Waals surface area contributed by atoms with Crippen LogP contribution in [0, 0.1) is 0 Å². The largest absolute Gasteiger partial charge is 0.510 e. The SMILES string of the molecule is CC(C)=C(O)[C@H]1OC2(OC2(C)C)[C@H](O)[C@@H](O)[C@H]1O. The second kappa shape index (κ2) is 3.91. The highest BCUT2D eigenvalue weighted by Crippen LogP contribution is 2.55. The van der Waals surface area contributed by atoms with Crippen LogP contribution in [0.25, 0.3) is 0 Å². The molecule has 6 heteroatoms. The monoisotopic (exact) mass is 260 g/mol. The molecule has 2 saturated heterocycles. The van der Waals surface area contributed by atoms with Crippen LogP contribution in [0.15, 0.2) is 11.3 Å². The van der Waals surface area contributed by atoms with Gasteiger partial charge in [0.05, 0.1) is 0 Å². The molecule has 0 bridgehead atoms. The van der Waals surface area contributed by atoms with Gasteiger partial charge in [0.1, 0.15) is 35.8 Å². The van der Waals surface area contributed by atoms with E-state index >= 15 is 0 Å². The summed E-state index contributed by atoms with van der Waals surface area (Å²) in [6, 6.07) is 0. The Bertz CT molecular complexity index is 386. The maximum absolute atomic E-state index is 9.95. The second-order valence-corrected chi connectivity index (χ2v) is 5.63. The fraction of sp³-hybridized carbons (Fsp3) is 0.833. The lowest BCUT2D eigenvalue weighted by Crippen LogP contribution is -2.61. The molecule has 2 fully saturated rings. The number of epoxide rings is 1. The molecule has 18 heavy (non-hydrogen) atoms. The summed E-state index contributed by atoms with van der Waals surface area (Å²) < 4.78 is 10.9. The minimum absolute atomic E-state index is 0.154. The summed E-state index contributed by atoms with van der Waals surface area (Å²) in [6.45, 7) is 6.73. The standard InChI is InChI=1S/C12H20O6/c1-5(2)6(13)9-7(14)8(15)10(16)12(17-9)11(3,4)18-12/h7-10,13-16H,1-4H3/t7-,8+,9-,10-,12?/m1/s1. The fourth-order valence-corrected chi connectivity index (χ4v) is 2.36. The Kier molecular flexibility index (Phi) is 2.99. The molecule has 2 aliphatic heterocycles. The smallest absolute Gasteiger partial charge is 0.228 e. The highest BCUT2D eigenvalue weighted by molar-refractivity contribution is 5.20. The van der Waals surface area contributed by atoms with Gasteiger partial charge >= 0.3 is 0 Å². The predicted octanol–water partition coefficient (Wildman–Crippen LogP) is -0.175. The van der Waals surface area contributed by atoms with Crippen LogP contribution >= 0.6 is 0 Å². The zero-order valence-electron chi connectivity index (χ0n) is 10.9. The molecule has 2 heterocycles. The molecule has 6 nitrogen and oxygen atoms in total. The molecular weight excluding hydrogens is 240 g/mol. The normalized spacial score (nSPS) is 45.9. The third kappa shape index (κ3) is 1.68. The highest BCUT2D eigenvalue weighted by atomic mass is 16.8. The zero-order chi connectivity index (χ0) is 13.9. The van der Waals surface area contributed by atoms with Crippen molar-refractivity contribution in [2.45, 2.75) is 63.5 Å². The first kappa shape index (κ1) is 13.8. The maximum atomic E-state index is 9.95. The zero-order valence-corrected chi connectivity index (χ0v) is 10.9. The van der Waals surface area contributed by atoms with Gasteiger partial charge in [0.25, 0.3) is 0 Å². The number of rotatable bonds is 1. The number of ether oxygens (including phenoxy) is 2. The molecule has 0 aliphatic carbocycles. The molecule has 104 valence electrons. The quantitative estimate of drug-likeness (QED) is 0.385. The number of hydrogen-bond acceptors (Lipinski definition) is 6. The average molecular weight is 260 g/mol. The van der Waals surface area contributed by atoms with Crippen molar-refractivity contribution in [3.63, 3.8) is 0 Å². The average Bonchev–Trinajstić information content (AvgIpc) is 2.83. The summed E-state index contributed by atoms with van der Waals surface area (Å²) >= 11 is 0. The Labute approximate surface area is 105 Å². The van der Waals surface area contributed by atoms with E-state index in [0.717, 1.165) is 0 Å². The van der Waals surface area contributed by atoms with Gasteiger partial charge in [0, 0.05) is 0 Å². The van der Waals surface area contributed by atoms with E-state index in [4.69, 9.17) is 9.47 Å². The van der Waals surface area contributed by atoms with Gasteiger partial charge in [-0.2, -0.15) is 0 Å². The van der Waals surface area contributed by atoms with Crippen LogP contribution < -0.4 is 0 Å². The molecule has 4 N–H and O–H groups in total. The molecule has 0 aromatic carbocycles. The van der Waals surface area contributed by atoms with Gasteiger partial charge in [-0.3, -0.25) is 0 Å². The molecule has 0 aromatic heterocycles. The van der Waals surface area contributed by atoms with Gasteiger partial charge in [-0.1, -0.05) is 0 Å². The van der Waals surface area contributed by atoms with E-state index in [-0.39, 0.29) is 5.76 Å². The number of allylic oxidation sites excluding steroid dienone is 1. The van der Waals surface area contributed by atoms with E-state index < -0.39 is 35.8 Å². The molecule has 1 unspecified atom stereocenters. The van der Waals surface area contributed by atoms with E-state index in [1.165, 1.54) is 0 Å². The Morgan fingerprint density at radius 1 is 1.06 bits per heavy atom. The molecule has 2 rings (SSSR count). The molecule has 2 aliphatic rings. The summed E-state index contributed by atoms with van der Waals surface area (Å²) in [7, 11) is 0. The van der Waals surface area contributed by atoms with E-state index in [2.05, 4.69) is 0 Å². The van der Waals surface area contributed by atoms with E-state index in [1.54, 1.807) is 27.7 Å². The lowest BCUT2D eigenvalue weighted by molar-refractivity contribution is -0.260. The second-order valence-electron chi connectivity index (χ2n) is 5.63. The minimum Gasteiger partial charge on any atom is -0.510 e. The van der Waals surface area contributed by atoms with E-state index in [9.17, 15) is 20.4 Å². The molecule has 0 saturated carbocycles. The van der Waals surface area contributed by atoms with Crippen molar-refractivity contribution >= 4 is 0 Å². The first-order valence-corrected chi connectivity index (χ1v) is 5.92. The topological polar surface area (TPSA) is 103 Å². The fourth-order valence-electron chi connectivity index (χ4n) is 2.36. The number of aliphatic hydroxyl groups is 4. The predicted molar refractivity (Wildman–Crippen MR) is 61.8 cm³/mol. The van der Waals surface area contributed by atoms with Crippen molar-refractivity contribution in [1.29, 1.82) is 0 Å². The van der Waals surface area contributed by atoms with Crippen molar-refractivity contribution in [1.82, 2.24) is 0 Å². The lowest BCUT2D eigenvalue weighted by atomic mass is 9.88. The maximum Gasteiger partial charge on any atom is 0.228 e. The van der Waals surface area contributed by atoms with Crippen LogP contribution in [0.5, 0.6) is 0 Å². The first-order valence-electron chi connectivity index (χ1n) is 5.92. The summed E-state index contributed by atoms with van der Waals surface area (Å²) in [6.07, 6.45) is -5.30. The summed E-state index contributed by atoms with van der Waals surface area (Å²) in [5, 5.41) is 39.6. The van der Waals surface area contributed by atoms with Gasteiger partial charge in [-0.15, -0.1) is 0 Å². The highest BCUT2D eigenvalue weighted by Gasteiger charge is 2.75. The van der Waals surface area contributed by atoms with Crippen LogP contribution in [0.2, 0.25) is 0 Å². The Hall–Kier alpha value is -0.660. The van der Waals surface area contributed by atoms with Gasteiger partial charge in [-0.25, -0.2) is 0 Å². The Morgan fingerprint density at radius 3 is 1.94 bits per heavy atom. The summed E-state index contributed by atoms with van der Waals surface area (Å²) in [5.41, 5.74) is -0.204. The van der Waals surface area contributed by atoms with Gasteiger partial charge in [0.15, 0.2) is 0 Å². The molecule has 0 amide bonds. The van der Waals surface area contributed by atoms with Crippen LogP contribution in [-0.2, 0) is 9.47 Å². The van der Waals surface area contributed by atoms with E-state index in [1.807, 2.05) is 0 Å². The van der Waals surface area contributed by atoms with Gasteiger partial charge < -0.3 is 29.9 Å². The summed E-state index contributed by atoms with van der Waals surface area (Å²) in [5.74, 6) is -1.53. The molecular formula is C12H20O6. The number of aliphatic hydroxyl groups excluding tert-OH is 4. The molecule has 1 spiro atoms. The first-order chi connectivity index (χ1) is 8.14. The van der Waals surface area contributed by atoms with Crippen molar-refractivity contribution < 1.29 is 29.9 Å². The van der Waals surface area contributed by atoms with Gasteiger partial charge in [-0.05, 0) is 33.3 Å². The lowest BCUT2D eigenvalue weighted by Gasteiger charge is -2.40. The van der Waals surface area contributed by atoms with Crippen LogP contribution in [0.1, 0.15) is 27.7 Å². The number of hydrogen-bond donors (Lipinski definition) is 4. The van der Waals surface area contributed by atoms with Crippen molar-refractivity contribution in [2.24, 2.45) is 0 Å². The third-order valence-corrected chi connectivity index (χ3v) is 3.66. The Morgan fingerprint density at radius 2 is 1.56 bits per heavy atom. The van der Waals surface area contributed by atoms with Crippen LogP contribution in [0.3, 0.4) is 0 Å². The van der Waals surface area contributed by atoms with Crippen LogP contribution in [0.4, 0.5) is 0 Å². The van der Waals surface area contributed by atoms with Gasteiger partial charge in [0.2, 0.25) is 5.79 Å². The summed E-state index contributed by atoms with van der Waals surface area (Å²) in [4.78, 5) is 0. The molecule has 5 atom stereocenters. The van der Waals surface area contributed by atoms with Crippen LogP contribution in [-0.4, -0.2) is 56.2 Å². The Balaban J connectivity index is 2.33. The molecule has 0 radical (unpaired) electrons. The minimum atomic E-state index is -1.44. The van der Waals surface area contributed by atoms with E-state index in [0.29, 0.717) is 5.57 Å². The van der Waals surface area contributed by atoms with Crippen molar-refractivity contribution in [2.75, 3.05) is 0 Å². The van der Waals surface area contributed by atoms with Crippen molar-refractivity contribution in [3.05, 3.63) is 11.3 Å². The third-order valence-electron chi connectivity index (χ3n) is 3.66. The molecule has 0 aromatic rings.